The van der Waals surface area contributed by atoms with Crippen LogP contribution in [-0.4, -0.2) is 28.2 Å². The second-order valence-electron chi connectivity index (χ2n) is 4.56. The van der Waals surface area contributed by atoms with E-state index in [4.69, 9.17) is 5.11 Å². The molecule has 1 unspecified atom stereocenters. The molecule has 0 bridgehead atoms. The van der Waals surface area contributed by atoms with Gasteiger partial charge in [-0.25, -0.2) is 0 Å². The summed E-state index contributed by atoms with van der Waals surface area (Å²) >= 11 is 1.80. The fourth-order valence-electron chi connectivity index (χ4n) is 2.52. The van der Waals surface area contributed by atoms with E-state index in [0.29, 0.717) is 11.3 Å². The first-order valence-corrected chi connectivity index (χ1v) is 6.92. The second-order valence-corrected chi connectivity index (χ2v) is 5.74. The van der Waals surface area contributed by atoms with Gasteiger partial charge in [-0.2, -0.15) is 0 Å². The van der Waals surface area contributed by atoms with Gasteiger partial charge in [-0.15, -0.1) is 11.8 Å². The summed E-state index contributed by atoms with van der Waals surface area (Å²) in [7, 11) is 0. The molecule has 2 fully saturated rings. The molecule has 15 heavy (non-hydrogen) atoms. The van der Waals surface area contributed by atoms with E-state index < -0.39 is 5.97 Å². The maximum atomic E-state index is 10.8. The van der Waals surface area contributed by atoms with Crippen molar-refractivity contribution in [3.8, 4) is 0 Å². The molecule has 3 nitrogen and oxygen atoms in total. The van der Waals surface area contributed by atoms with Crippen LogP contribution in [0.2, 0.25) is 0 Å². The Hall–Kier alpha value is -0.220. The van der Waals surface area contributed by atoms with Gasteiger partial charge in [0.1, 0.15) is 6.04 Å². The lowest BCUT2D eigenvalue weighted by molar-refractivity contribution is -0.138. The first kappa shape index (κ1) is 11.3. The van der Waals surface area contributed by atoms with Crippen LogP contribution in [0.25, 0.3) is 0 Å². The maximum absolute atomic E-state index is 10.8. The van der Waals surface area contributed by atoms with Crippen LogP contribution in [0.1, 0.15) is 38.5 Å². The number of hydrogen-bond donors (Lipinski definition) is 2. The summed E-state index contributed by atoms with van der Waals surface area (Å²) in [5.41, 5.74) is 0. The van der Waals surface area contributed by atoms with Crippen LogP contribution in [0.4, 0.5) is 0 Å². The summed E-state index contributed by atoms with van der Waals surface area (Å²) in [4.78, 5) is 10.8. The van der Waals surface area contributed by atoms with Crippen molar-refractivity contribution in [1.29, 1.82) is 0 Å². The van der Waals surface area contributed by atoms with Gasteiger partial charge in [0.25, 0.3) is 0 Å². The van der Waals surface area contributed by atoms with Crippen molar-refractivity contribution in [1.82, 2.24) is 5.32 Å². The Morgan fingerprint density at radius 1 is 1.20 bits per heavy atom. The Morgan fingerprint density at radius 2 is 1.87 bits per heavy atom. The smallest absolute Gasteiger partial charge is 0.321 e. The average molecular weight is 229 g/mol. The minimum Gasteiger partial charge on any atom is -0.480 e. The molecule has 1 saturated heterocycles. The Balaban J connectivity index is 1.86. The van der Waals surface area contributed by atoms with Gasteiger partial charge in [-0.05, 0) is 18.8 Å². The minimum atomic E-state index is -0.696. The molecular formula is C11H19NO2S. The lowest BCUT2D eigenvalue weighted by atomic mass is 10.00. The van der Waals surface area contributed by atoms with Crippen molar-refractivity contribution in [2.24, 2.45) is 5.92 Å². The number of carboxylic acids is 1. The molecule has 1 saturated carbocycles. The Kier molecular flexibility index (Phi) is 3.92. The fourth-order valence-corrected chi connectivity index (χ4v) is 3.97. The number of aliphatic carboxylic acids is 1. The number of carbonyl (C=O) groups is 1. The van der Waals surface area contributed by atoms with E-state index in [1.165, 1.54) is 38.5 Å². The molecule has 2 aliphatic rings. The molecule has 0 spiro atoms. The Labute approximate surface area is 95.0 Å². The van der Waals surface area contributed by atoms with Crippen molar-refractivity contribution in [3.05, 3.63) is 0 Å². The number of hydrogen-bond acceptors (Lipinski definition) is 3. The minimum absolute atomic E-state index is 0.316. The lowest BCUT2D eigenvalue weighted by Crippen LogP contribution is -2.39. The summed E-state index contributed by atoms with van der Waals surface area (Å²) in [6.45, 7) is 0. The highest BCUT2D eigenvalue weighted by Crippen LogP contribution is 2.33. The number of rotatable bonds is 2. The van der Waals surface area contributed by atoms with Gasteiger partial charge in [0, 0.05) is 5.75 Å². The molecule has 0 amide bonds. The molecule has 0 aromatic carbocycles. The first-order chi connectivity index (χ1) is 7.27. The van der Waals surface area contributed by atoms with E-state index in [9.17, 15) is 4.79 Å². The van der Waals surface area contributed by atoms with Crippen LogP contribution in [0.5, 0.6) is 0 Å². The van der Waals surface area contributed by atoms with E-state index in [2.05, 4.69) is 5.32 Å². The molecule has 2 N–H and O–H groups in total. The molecule has 0 aromatic rings. The predicted octanol–water partition coefficient (Wildman–Crippen LogP) is 2.07. The van der Waals surface area contributed by atoms with Crippen molar-refractivity contribution in [3.63, 3.8) is 0 Å². The highest BCUT2D eigenvalue weighted by Gasteiger charge is 2.34. The number of nitrogens with one attached hydrogen (secondary N) is 1. The third-order valence-corrected chi connectivity index (χ3v) is 4.84. The van der Waals surface area contributed by atoms with E-state index in [1.54, 1.807) is 11.8 Å². The van der Waals surface area contributed by atoms with Crippen molar-refractivity contribution >= 4 is 17.7 Å². The van der Waals surface area contributed by atoms with Gasteiger partial charge in [-0.3, -0.25) is 10.1 Å². The number of thioether (sulfide) groups is 1. The standard InChI is InChI=1S/C11H19NO2S/c13-11(14)9-7-15-10(12-9)8-5-3-1-2-4-6-8/h8-10,12H,1-7H2,(H,13,14)/t9-,10?/m1/s1. The van der Waals surface area contributed by atoms with Gasteiger partial charge >= 0.3 is 5.97 Å². The highest BCUT2D eigenvalue weighted by molar-refractivity contribution is 8.00. The molecular weight excluding hydrogens is 210 g/mol. The third kappa shape index (κ3) is 2.88. The van der Waals surface area contributed by atoms with Crippen molar-refractivity contribution in [2.45, 2.75) is 49.9 Å². The summed E-state index contributed by atoms with van der Waals surface area (Å²) in [6, 6.07) is -0.316. The first-order valence-electron chi connectivity index (χ1n) is 5.88. The van der Waals surface area contributed by atoms with Gasteiger partial charge in [-0.1, -0.05) is 25.7 Å². The van der Waals surface area contributed by atoms with E-state index >= 15 is 0 Å². The molecule has 1 heterocycles. The van der Waals surface area contributed by atoms with Gasteiger partial charge < -0.3 is 5.11 Å². The van der Waals surface area contributed by atoms with E-state index in [1.807, 2.05) is 0 Å². The average Bonchev–Trinajstić information content (AvgIpc) is 2.55. The quantitative estimate of drug-likeness (QED) is 0.712. The Morgan fingerprint density at radius 3 is 2.40 bits per heavy atom. The van der Waals surface area contributed by atoms with Gasteiger partial charge in [0.2, 0.25) is 0 Å². The molecule has 1 aliphatic heterocycles. The highest BCUT2D eigenvalue weighted by atomic mass is 32.2. The van der Waals surface area contributed by atoms with Crippen LogP contribution < -0.4 is 5.32 Å². The molecule has 2 rings (SSSR count). The normalized spacial score (nSPS) is 33.9. The summed E-state index contributed by atoms with van der Waals surface area (Å²) in [5, 5.41) is 12.6. The van der Waals surface area contributed by atoms with Crippen molar-refractivity contribution < 1.29 is 9.90 Å². The zero-order valence-corrected chi connectivity index (χ0v) is 9.76. The van der Waals surface area contributed by atoms with Crippen LogP contribution >= 0.6 is 11.8 Å². The zero-order chi connectivity index (χ0) is 10.7. The topological polar surface area (TPSA) is 49.3 Å². The summed E-state index contributed by atoms with van der Waals surface area (Å²) < 4.78 is 0. The maximum Gasteiger partial charge on any atom is 0.321 e. The third-order valence-electron chi connectivity index (χ3n) is 3.43. The predicted molar refractivity (Wildman–Crippen MR) is 62.0 cm³/mol. The van der Waals surface area contributed by atoms with Crippen LogP contribution in [-0.2, 0) is 4.79 Å². The van der Waals surface area contributed by atoms with Crippen LogP contribution in [0.3, 0.4) is 0 Å². The van der Waals surface area contributed by atoms with Gasteiger partial charge in [0.05, 0.1) is 5.37 Å². The van der Waals surface area contributed by atoms with Gasteiger partial charge in [0.15, 0.2) is 0 Å². The largest absolute Gasteiger partial charge is 0.480 e. The summed E-state index contributed by atoms with van der Waals surface area (Å²) in [5.74, 6) is 0.733. The lowest BCUT2D eigenvalue weighted by Gasteiger charge is -2.21. The van der Waals surface area contributed by atoms with E-state index in [-0.39, 0.29) is 6.04 Å². The van der Waals surface area contributed by atoms with E-state index in [0.717, 1.165) is 5.75 Å². The monoisotopic (exact) mass is 229 g/mol. The molecule has 1 aliphatic carbocycles. The Bertz CT molecular complexity index is 227. The molecule has 0 aromatic heterocycles. The molecule has 2 atom stereocenters. The second kappa shape index (κ2) is 5.21. The number of carboxylic acid groups (broad SMARTS) is 1. The van der Waals surface area contributed by atoms with Crippen molar-refractivity contribution in [2.75, 3.05) is 5.75 Å². The molecule has 0 radical (unpaired) electrons. The molecule has 4 heteroatoms. The van der Waals surface area contributed by atoms with Crippen LogP contribution in [0, 0.1) is 5.92 Å². The van der Waals surface area contributed by atoms with Crippen LogP contribution in [0.15, 0.2) is 0 Å². The fraction of sp³-hybridized carbons (Fsp3) is 0.909. The molecule has 86 valence electrons. The summed E-state index contributed by atoms with van der Waals surface area (Å²) in [6.07, 6.45) is 7.91. The SMILES string of the molecule is O=C(O)[C@H]1CSC(C2CCCCCC2)N1. The zero-order valence-electron chi connectivity index (χ0n) is 8.95.